The normalized spacial score (nSPS) is 21.4. The highest BCUT2D eigenvalue weighted by Crippen LogP contribution is 2.35. The van der Waals surface area contributed by atoms with Crippen LogP contribution in [-0.2, 0) is 4.79 Å². The Morgan fingerprint density at radius 1 is 1.23 bits per heavy atom. The van der Waals surface area contributed by atoms with Crippen LogP contribution in [0.15, 0.2) is 63.5 Å². The van der Waals surface area contributed by atoms with E-state index in [-0.39, 0.29) is 30.1 Å². The molecule has 1 aliphatic heterocycles. The molecule has 0 aliphatic carbocycles. The first-order chi connectivity index (χ1) is 18.2. The summed E-state index contributed by atoms with van der Waals surface area (Å²) in [6.07, 6.45) is -0.527. The predicted octanol–water partition coefficient (Wildman–Crippen LogP) is 5.49. The molecule has 3 N–H and O–H groups in total. The second-order valence-corrected chi connectivity index (χ2v) is 9.14. The molecule has 2 atom stereocenters. The molecule has 0 spiro atoms. The Morgan fingerprint density at radius 3 is 2.41 bits per heavy atom. The van der Waals surface area contributed by atoms with Crippen LogP contribution in [0, 0.1) is 11.7 Å². The van der Waals surface area contributed by atoms with Crippen LogP contribution in [0.25, 0.3) is 5.57 Å². The molecule has 2 rings (SSSR count). The molecule has 39 heavy (non-hydrogen) atoms. The van der Waals surface area contributed by atoms with Crippen LogP contribution >= 0.6 is 0 Å². The topological polar surface area (TPSA) is 83.1 Å². The number of hydrogen-bond donors (Lipinski definition) is 2. The summed E-state index contributed by atoms with van der Waals surface area (Å²) in [6.45, 7) is 3.69. The highest BCUT2D eigenvalue weighted by atomic mass is 19.4. The molecule has 0 bridgehead atoms. The summed E-state index contributed by atoms with van der Waals surface area (Å²) in [6, 6.07) is 4.32. The fraction of sp³-hybridized carbons (Fsp3) is 0.444. The van der Waals surface area contributed by atoms with Crippen molar-refractivity contribution in [3.8, 4) is 0 Å². The number of halogens is 6. The SMILES string of the molecule is C\C=C(/N=C\C(=C/CC)C(F)(F)F)NCC1C(C)CC(F)(F)CN1C(=O)C(N)=C(C=NC)c1ccc(F)cc1. The molecular formula is C27H33F6N5O. The molecule has 1 heterocycles. The predicted molar refractivity (Wildman–Crippen MR) is 141 cm³/mol. The molecule has 12 heteroatoms. The molecule has 0 aromatic heterocycles. The van der Waals surface area contributed by atoms with Crippen molar-refractivity contribution in [2.75, 3.05) is 20.1 Å². The van der Waals surface area contributed by atoms with E-state index >= 15 is 0 Å². The monoisotopic (exact) mass is 557 g/mol. The maximum Gasteiger partial charge on any atom is 0.417 e. The van der Waals surface area contributed by atoms with Gasteiger partial charge in [-0.25, -0.2) is 18.2 Å². The van der Waals surface area contributed by atoms with Gasteiger partial charge in [0.25, 0.3) is 11.8 Å². The fourth-order valence-electron chi connectivity index (χ4n) is 4.24. The van der Waals surface area contributed by atoms with Crippen LogP contribution < -0.4 is 11.1 Å². The molecule has 214 valence electrons. The van der Waals surface area contributed by atoms with E-state index in [4.69, 9.17) is 5.73 Å². The number of allylic oxidation sites excluding steroid dienone is 4. The Kier molecular flexibility index (Phi) is 10.9. The van der Waals surface area contributed by atoms with Crippen LogP contribution in [0.4, 0.5) is 26.3 Å². The summed E-state index contributed by atoms with van der Waals surface area (Å²) >= 11 is 0. The Bertz CT molecular complexity index is 1150. The average molecular weight is 558 g/mol. The van der Waals surface area contributed by atoms with Gasteiger partial charge in [-0.1, -0.05) is 32.1 Å². The summed E-state index contributed by atoms with van der Waals surface area (Å²) in [5.74, 6) is -5.19. The molecule has 1 saturated heterocycles. The maximum absolute atomic E-state index is 14.6. The smallest absolute Gasteiger partial charge is 0.394 e. The van der Waals surface area contributed by atoms with Crippen molar-refractivity contribution in [1.82, 2.24) is 10.2 Å². The molecule has 6 nitrogen and oxygen atoms in total. The summed E-state index contributed by atoms with van der Waals surface area (Å²) in [5, 5.41) is 2.87. The van der Waals surface area contributed by atoms with E-state index in [2.05, 4.69) is 15.3 Å². The molecule has 0 radical (unpaired) electrons. The third-order valence-electron chi connectivity index (χ3n) is 6.13. The zero-order chi connectivity index (χ0) is 29.4. The van der Waals surface area contributed by atoms with Gasteiger partial charge < -0.3 is 16.0 Å². The van der Waals surface area contributed by atoms with Crippen molar-refractivity contribution in [2.45, 2.75) is 51.8 Å². The van der Waals surface area contributed by atoms with Gasteiger partial charge in [-0.15, -0.1) is 0 Å². The first-order valence-corrected chi connectivity index (χ1v) is 12.3. The van der Waals surface area contributed by atoms with Crippen LogP contribution in [0.3, 0.4) is 0 Å². The lowest BCUT2D eigenvalue weighted by Crippen LogP contribution is -2.59. The number of nitrogens with one attached hydrogen (secondary N) is 1. The van der Waals surface area contributed by atoms with Crippen molar-refractivity contribution in [3.63, 3.8) is 0 Å². The number of rotatable bonds is 9. The van der Waals surface area contributed by atoms with Crippen molar-refractivity contribution >= 4 is 23.9 Å². The quantitative estimate of drug-likeness (QED) is 0.239. The first kappa shape index (κ1) is 31.6. The van der Waals surface area contributed by atoms with Crippen LogP contribution in [0.5, 0.6) is 0 Å². The minimum atomic E-state index is -4.58. The third-order valence-corrected chi connectivity index (χ3v) is 6.13. The van der Waals surface area contributed by atoms with E-state index in [1.54, 1.807) is 20.8 Å². The van der Waals surface area contributed by atoms with Crippen molar-refractivity contribution < 1.29 is 31.1 Å². The number of hydrogen-bond acceptors (Lipinski definition) is 5. The highest BCUT2D eigenvalue weighted by Gasteiger charge is 2.46. The van der Waals surface area contributed by atoms with Crippen molar-refractivity contribution in [2.24, 2.45) is 21.6 Å². The van der Waals surface area contributed by atoms with Gasteiger partial charge in [-0.3, -0.25) is 9.79 Å². The van der Waals surface area contributed by atoms with Crippen molar-refractivity contribution in [3.05, 3.63) is 64.9 Å². The zero-order valence-corrected chi connectivity index (χ0v) is 22.2. The standard InChI is InChI=1S/C27H33F6N5O/c1-5-7-19(27(31,32)33)13-36-23(6-2)37-15-22-17(3)12-26(29,30)16-38(22)25(39)24(34)21(14-35-4)18-8-10-20(28)11-9-18/h6-11,13-14,17,22,37H,5,12,15-16,34H2,1-4H3/b19-7+,23-6+,24-21?,35-14?,36-13-. The molecule has 1 aromatic carbocycles. The number of amides is 1. The average Bonchev–Trinajstić information content (AvgIpc) is 2.86. The lowest BCUT2D eigenvalue weighted by atomic mass is 9.88. The minimum absolute atomic E-state index is 0.0696. The van der Waals surface area contributed by atoms with Crippen LogP contribution in [-0.4, -0.2) is 61.5 Å². The summed E-state index contributed by atoms with van der Waals surface area (Å²) in [4.78, 5) is 22.2. The van der Waals surface area contributed by atoms with E-state index in [9.17, 15) is 31.1 Å². The number of likely N-dealkylation sites (tertiary alicyclic amines) is 1. The molecule has 1 aromatic rings. The van der Waals surface area contributed by atoms with Crippen LogP contribution in [0.2, 0.25) is 0 Å². The van der Waals surface area contributed by atoms with Gasteiger partial charge in [0, 0.05) is 38.0 Å². The second kappa shape index (κ2) is 13.5. The lowest BCUT2D eigenvalue weighted by molar-refractivity contribution is -0.148. The van der Waals surface area contributed by atoms with Crippen LogP contribution in [0.1, 0.15) is 39.2 Å². The van der Waals surface area contributed by atoms with E-state index in [0.29, 0.717) is 11.8 Å². The Hall–Kier alpha value is -3.57. The second-order valence-electron chi connectivity index (χ2n) is 9.14. The van der Waals surface area contributed by atoms with E-state index < -0.39 is 54.3 Å². The third kappa shape index (κ3) is 8.72. The molecular weight excluding hydrogens is 524 g/mol. The highest BCUT2D eigenvalue weighted by molar-refractivity contribution is 6.18. The van der Waals surface area contributed by atoms with E-state index in [1.807, 2.05) is 0 Å². The minimum Gasteiger partial charge on any atom is -0.394 e. The van der Waals surface area contributed by atoms with Gasteiger partial charge in [0.2, 0.25) is 0 Å². The van der Waals surface area contributed by atoms with E-state index in [1.165, 1.54) is 43.6 Å². The number of piperidine rings is 1. The molecule has 1 fully saturated rings. The molecule has 0 saturated carbocycles. The largest absolute Gasteiger partial charge is 0.417 e. The summed E-state index contributed by atoms with van der Waals surface area (Å²) in [7, 11) is 1.43. The van der Waals surface area contributed by atoms with E-state index in [0.717, 1.165) is 11.0 Å². The van der Waals surface area contributed by atoms with Gasteiger partial charge in [0.05, 0.1) is 18.2 Å². The van der Waals surface area contributed by atoms with Gasteiger partial charge in [-0.2, -0.15) is 13.2 Å². The number of aliphatic imine (C=N–C) groups is 2. The number of carbonyl (C=O) groups is 1. The van der Waals surface area contributed by atoms with Gasteiger partial charge in [-0.05, 0) is 43.0 Å². The number of alkyl halides is 5. The zero-order valence-electron chi connectivity index (χ0n) is 22.2. The summed E-state index contributed by atoms with van der Waals surface area (Å²) in [5.41, 5.74) is 5.40. The Labute approximate surface area is 224 Å². The summed E-state index contributed by atoms with van der Waals surface area (Å²) < 4.78 is 82.1. The first-order valence-electron chi connectivity index (χ1n) is 12.3. The number of carbonyl (C=O) groups excluding carboxylic acids is 1. The Balaban J connectivity index is 2.37. The number of nitrogens with two attached hydrogens (primary N) is 1. The molecule has 2 unspecified atom stereocenters. The number of nitrogens with zero attached hydrogens (tertiary/aromatic N) is 3. The molecule has 1 amide bonds. The van der Waals surface area contributed by atoms with Gasteiger partial charge >= 0.3 is 6.18 Å². The Morgan fingerprint density at radius 2 is 1.87 bits per heavy atom. The van der Waals surface area contributed by atoms with Gasteiger partial charge in [0.1, 0.15) is 17.3 Å². The van der Waals surface area contributed by atoms with Gasteiger partial charge in [0.15, 0.2) is 0 Å². The van der Waals surface area contributed by atoms with Crippen molar-refractivity contribution in [1.29, 1.82) is 0 Å². The number of benzene rings is 1. The maximum atomic E-state index is 14.6. The molecule has 1 aliphatic rings. The lowest BCUT2D eigenvalue weighted by Gasteiger charge is -2.43. The fourth-order valence-corrected chi connectivity index (χ4v) is 4.24.